The largest absolute Gasteiger partial charge is 0.388 e. The van der Waals surface area contributed by atoms with Gasteiger partial charge in [0.2, 0.25) is 0 Å². The fourth-order valence-electron chi connectivity index (χ4n) is 1.43. The SMILES string of the molecule is C[C@@H]1O[C@@H](OCCCN)[C@H](O)[C@H](O)[C@H]1O. The second-order valence-corrected chi connectivity index (χ2v) is 3.69. The molecule has 6 nitrogen and oxygen atoms in total. The molecule has 0 amide bonds. The van der Waals surface area contributed by atoms with E-state index in [0.29, 0.717) is 19.6 Å². The summed E-state index contributed by atoms with van der Waals surface area (Å²) in [6.07, 6.45) is -4.37. The summed E-state index contributed by atoms with van der Waals surface area (Å²) in [5.41, 5.74) is 5.28. The molecule has 1 fully saturated rings. The molecule has 0 aromatic heterocycles. The lowest BCUT2D eigenvalue weighted by Crippen LogP contribution is -2.57. The van der Waals surface area contributed by atoms with Gasteiger partial charge in [-0.15, -0.1) is 0 Å². The standard InChI is InChI=1S/C9H19NO5/c1-5-6(11)7(12)8(13)9(15-5)14-4-2-3-10/h5-9,11-13H,2-4,10H2,1H3/t5-,6-,7+,8+,9+/m0/s1. The second-order valence-electron chi connectivity index (χ2n) is 3.69. The lowest BCUT2D eigenvalue weighted by atomic mass is 10.0. The van der Waals surface area contributed by atoms with Crippen molar-refractivity contribution in [3.05, 3.63) is 0 Å². The van der Waals surface area contributed by atoms with Crippen molar-refractivity contribution in [2.24, 2.45) is 5.73 Å². The van der Waals surface area contributed by atoms with E-state index < -0.39 is 30.7 Å². The third-order valence-electron chi connectivity index (χ3n) is 2.44. The van der Waals surface area contributed by atoms with E-state index in [1.165, 1.54) is 0 Å². The van der Waals surface area contributed by atoms with Gasteiger partial charge < -0.3 is 30.5 Å². The Morgan fingerprint density at radius 2 is 1.87 bits per heavy atom. The Bertz CT molecular complexity index is 191. The zero-order chi connectivity index (χ0) is 11.4. The van der Waals surface area contributed by atoms with Crippen molar-refractivity contribution in [2.45, 2.75) is 44.1 Å². The maximum atomic E-state index is 9.53. The van der Waals surface area contributed by atoms with Crippen molar-refractivity contribution in [3.63, 3.8) is 0 Å². The van der Waals surface area contributed by atoms with Crippen molar-refractivity contribution in [3.8, 4) is 0 Å². The lowest BCUT2D eigenvalue weighted by molar-refractivity contribution is -0.293. The van der Waals surface area contributed by atoms with E-state index in [0.717, 1.165) is 0 Å². The smallest absolute Gasteiger partial charge is 0.186 e. The van der Waals surface area contributed by atoms with E-state index in [4.69, 9.17) is 15.2 Å². The Morgan fingerprint density at radius 1 is 1.20 bits per heavy atom. The normalized spacial score (nSPS) is 41.8. The predicted octanol–water partition coefficient (Wildman–Crippen LogP) is -1.82. The monoisotopic (exact) mass is 221 g/mol. The Balaban J connectivity index is 2.43. The van der Waals surface area contributed by atoms with E-state index in [1.54, 1.807) is 6.92 Å². The summed E-state index contributed by atoms with van der Waals surface area (Å²) >= 11 is 0. The Kier molecular flexibility index (Phi) is 4.91. The maximum absolute atomic E-state index is 9.53. The molecule has 0 aromatic carbocycles. The lowest BCUT2D eigenvalue weighted by Gasteiger charge is -2.38. The summed E-state index contributed by atoms with van der Waals surface area (Å²) in [5, 5.41) is 28.4. The van der Waals surface area contributed by atoms with Crippen LogP contribution < -0.4 is 5.73 Å². The highest BCUT2D eigenvalue weighted by Gasteiger charge is 2.42. The van der Waals surface area contributed by atoms with Gasteiger partial charge in [0.25, 0.3) is 0 Å². The van der Waals surface area contributed by atoms with Crippen LogP contribution in [0.15, 0.2) is 0 Å². The summed E-state index contributed by atoms with van der Waals surface area (Å²) < 4.78 is 10.4. The topological polar surface area (TPSA) is 105 Å². The van der Waals surface area contributed by atoms with Crippen LogP contribution in [0.1, 0.15) is 13.3 Å². The first-order chi connectivity index (χ1) is 7.07. The van der Waals surface area contributed by atoms with Gasteiger partial charge in [-0.2, -0.15) is 0 Å². The van der Waals surface area contributed by atoms with Crippen molar-refractivity contribution >= 4 is 0 Å². The Hall–Kier alpha value is -0.240. The fourth-order valence-corrected chi connectivity index (χ4v) is 1.43. The summed E-state index contributed by atoms with van der Waals surface area (Å²) in [6, 6.07) is 0. The molecule has 1 rings (SSSR count). The van der Waals surface area contributed by atoms with Crippen LogP contribution in [0.25, 0.3) is 0 Å². The van der Waals surface area contributed by atoms with E-state index in [-0.39, 0.29) is 0 Å². The number of aliphatic hydroxyl groups excluding tert-OH is 3. The van der Waals surface area contributed by atoms with Crippen molar-refractivity contribution in [2.75, 3.05) is 13.2 Å². The quantitative estimate of drug-likeness (QED) is 0.417. The number of nitrogens with two attached hydrogens (primary N) is 1. The number of hydrogen-bond donors (Lipinski definition) is 4. The van der Waals surface area contributed by atoms with Crippen LogP contribution in [-0.4, -0.2) is 59.2 Å². The van der Waals surface area contributed by atoms with Crippen LogP contribution in [0.2, 0.25) is 0 Å². The molecular formula is C9H19NO5. The van der Waals surface area contributed by atoms with Crippen molar-refractivity contribution in [1.82, 2.24) is 0 Å². The van der Waals surface area contributed by atoms with Crippen LogP contribution in [0.4, 0.5) is 0 Å². The zero-order valence-electron chi connectivity index (χ0n) is 8.74. The van der Waals surface area contributed by atoms with Gasteiger partial charge in [-0.05, 0) is 19.9 Å². The van der Waals surface area contributed by atoms with Gasteiger partial charge in [-0.3, -0.25) is 0 Å². The minimum Gasteiger partial charge on any atom is -0.388 e. The van der Waals surface area contributed by atoms with Gasteiger partial charge in [0.05, 0.1) is 12.7 Å². The van der Waals surface area contributed by atoms with Crippen LogP contribution in [0, 0.1) is 0 Å². The average Bonchev–Trinajstić information content (AvgIpc) is 2.23. The van der Waals surface area contributed by atoms with Gasteiger partial charge in [-0.1, -0.05) is 0 Å². The van der Waals surface area contributed by atoms with Crippen molar-refractivity contribution < 1.29 is 24.8 Å². The number of hydrogen-bond acceptors (Lipinski definition) is 6. The molecule has 1 heterocycles. The first-order valence-electron chi connectivity index (χ1n) is 5.09. The van der Waals surface area contributed by atoms with E-state index in [2.05, 4.69) is 0 Å². The molecule has 1 saturated heterocycles. The molecule has 0 aliphatic carbocycles. The summed E-state index contributed by atoms with van der Waals surface area (Å²) in [7, 11) is 0. The third kappa shape index (κ3) is 3.10. The van der Waals surface area contributed by atoms with Crippen LogP contribution in [0.3, 0.4) is 0 Å². The molecule has 0 saturated carbocycles. The highest BCUT2D eigenvalue weighted by atomic mass is 16.7. The first-order valence-corrected chi connectivity index (χ1v) is 5.09. The van der Waals surface area contributed by atoms with Crippen LogP contribution >= 0.6 is 0 Å². The molecule has 15 heavy (non-hydrogen) atoms. The number of ether oxygens (including phenoxy) is 2. The highest BCUT2D eigenvalue weighted by molar-refractivity contribution is 4.87. The van der Waals surface area contributed by atoms with E-state index in [1.807, 2.05) is 0 Å². The van der Waals surface area contributed by atoms with Gasteiger partial charge >= 0.3 is 0 Å². The molecule has 0 aromatic rings. The molecule has 0 bridgehead atoms. The molecule has 5 atom stereocenters. The molecular weight excluding hydrogens is 202 g/mol. The zero-order valence-corrected chi connectivity index (χ0v) is 8.74. The minimum absolute atomic E-state index is 0.355. The van der Waals surface area contributed by atoms with Gasteiger partial charge in [0, 0.05) is 0 Å². The number of aliphatic hydroxyl groups is 3. The summed E-state index contributed by atoms with van der Waals surface area (Å²) in [4.78, 5) is 0. The molecule has 5 N–H and O–H groups in total. The van der Waals surface area contributed by atoms with Crippen LogP contribution in [-0.2, 0) is 9.47 Å². The van der Waals surface area contributed by atoms with Gasteiger partial charge in [0.15, 0.2) is 6.29 Å². The maximum Gasteiger partial charge on any atom is 0.186 e. The van der Waals surface area contributed by atoms with Crippen molar-refractivity contribution in [1.29, 1.82) is 0 Å². The summed E-state index contributed by atoms with van der Waals surface area (Å²) in [6.45, 7) is 2.45. The average molecular weight is 221 g/mol. The predicted molar refractivity (Wildman–Crippen MR) is 52.0 cm³/mol. The second kappa shape index (κ2) is 5.74. The molecule has 90 valence electrons. The first kappa shape index (κ1) is 12.8. The Morgan fingerprint density at radius 3 is 2.47 bits per heavy atom. The Labute approximate surface area is 88.6 Å². The van der Waals surface area contributed by atoms with Gasteiger partial charge in [-0.25, -0.2) is 0 Å². The number of rotatable bonds is 4. The van der Waals surface area contributed by atoms with Crippen LogP contribution in [0.5, 0.6) is 0 Å². The van der Waals surface area contributed by atoms with Gasteiger partial charge in [0.1, 0.15) is 18.3 Å². The molecule has 0 unspecified atom stereocenters. The highest BCUT2D eigenvalue weighted by Crippen LogP contribution is 2.21. The molecule has 6 heteroatoms. The molecule has 1 aliphatic rings. The van der Waals surface area contributed by atoms with E-state index >= 15 is 0 Å². The molecule has 1 aliphatic heterocycles. The van der Waals surface area contributed by atoms with E-state index in [9.17, 15) is 15.3 Å². The minimum atomic E-state index is -1.24. The molecule has 0 radical (unpaired) electrons. The molecule has 0 spiro atoms. The third-order valence-corrected chi connectivity index (χ3v) is 2.44. The fraction of sp³-hybridized carbons (Fsp3) is 1.00. The summed E-state index contributed by atoms with van der Waals surface area (Å²) in [5.74, 6) is 0.